The van der Waals surface area contributed by atoms with E-state index >= 15 is 0 Å². The number of benzene rings is 2. The van der Waals surface area contributed by atoms with Crippen LogP contribution in [0.1, 0.15) is 26.5 Å². The molecule has 6 nitrogen and oxygen atoms in total. The van der Waals surface area contributed by atoms with Crippen LogP contribution in [0, 0.1) is 0 Å². The Hall–Kier alpha value is -3.16. The van der Waals surface area contributed by atoms with Gasteiger partial charge in [0.25, 0.3) is 0 Å². The standard InChI is InChI=1S/C21H13ClN2O4S/c22-12-8-4-7-11-15(12)24-20(28)21(11)9-13(25)23-16-14(10-5-2-1-3-6-10)17(19(26)27)29-18(16)21/h1-8H,9H2,(H,23,25)(H,24,28)(H,26,27)/t21-/m0/s1. The second-order valence-electron chi connectivity index (χ2n) is 6.93. The highest BCUT2D eigenvalue weighted by molar-refractivity contribution is 7.15. The maximum Gasteiger partial charge on any atom is 0.346 e. The third kappa shape index (κ3) is 2.38. The van der Waals surface area contributed by atoms with Crippen LogP contribution < -0.4 is 10.6 Å². The van der Waals surface area contributed by atoms with Crippen molar-refractivity contribution in [1.29, 1.82) is 0 Å². The first-order chi connectivity index (χ1) is 13.9. The Morgan fingerprint density at radius 2 is 1.79 bits per heavy atom. The lowest BCUT2D eigenvalue weighted by molar-refractivity contribution is -0.125. The number of carbonyl (C=O) groups is 3. The minimum absolute atomic E-state index is 0.0750. The van der Waals surface area contributed by atoms with Crippen molar-refractivity contribution in [3.8, 4) is 11.1 Å². The van der Waals surface area contributed by atoms with Crippen molar-refractivity contribution in [3.05, 3.63) is 68.9 Å². The molecule has 0 unspecified atom stereocenters. The summed E-state index contributed by atoms with van der Waals surface area (Å²) in [7, 11) is 0. The second-order valence-corrected chi connectivity index (χ2v) is 8.36. The molecule has 1 spiro atoms. The Kier molecular flexibility index (Phi) is 3.81. The number of anilines is 2. The summed E-state index contributed by atoms with van der Waals surface area (Å²) in [5.41, 5.74) is 1.19. The SMILES string of the molecule is O=C1C[C@@]2(C(=O)Nc3c(Cl)cccc32)c2sc(C(=O)O)c(-c3ccccc3)c2N1. The average molecular weight is 425 g/mol. The van der Waals surface area contributed by atoms with Gasteiger partial charge < -0.3 is 15.7 Å². The zero-order valence-electron chi connectivity index (χ0n) is 14.8. The third-order valence-electron chi connectivity index (χ3n) is 5.34. The first kappa shape index (κ1) is 17.9. The lowest BCUT2D eigenvalue weighted by Crippen LogP contribution is -2.42. The highest BCUT2D eigenvalue weighted by Gasteiger charge is 2.55. The van der Waals surface area contributed by atoms with Crippen LogP contribution in [0.2, 0.25) is 5.02 Å². The normalized spacial score (nSPS) is 19.5. The van der Waals surface area contributed by atoms with Gasteiger partial charge in [0, 0.05) is 5.56 Å². The quantitative estimate of drug-likeness (QED) is 0.570. The summed E-state index contributed by atoms with van der Waals surface area (Å²) >= 11 is 7.30. The van der Waals surface area contributed by atoms with Crippen molar-refractivity contribution in [2.75, 3.05) is 10.6 Å². The summed E-state index contributed by atoms with van der Waals surface area (Å²) in [4.78, 5) is 38.6. The van der Waals surface area contributed by atoms with Gasteiger partial charge in [0.1, 0.15) is 10.3 Å². The molecule has 5 rings (SSSR count). The number of aromatic carboxylic acids is 1. The average Bonchev–Trinajstić information content (AvgIpc) is 3.21. The van der Waals surface area contributed by atoms with Crippen molar-refractivity contribution < 1.29 is 19.5 Å². The number of hydrogen-bond donors (Lipinski definition) is 3. The lowest BCUT2D eigenvalue weighted by Gasteiger charge is -2.31. The van der Waals surface area contributed by atoms with E-state index in [0.717, 1.165) is 11.3 Å². The van der Waals surface area contributed by atoms with E-state index in [2.05, 4.69) is 10.6 Å². The van der Waals surface area contributed by atoms with Gasteiger partial charge in [-0.25, -0.2) is 4.79 Å². The van der Waals surface area contributed by atoms with E-state index in [4.69, 9.17) is 11.6 Å². The van der Waals surface area contributed by atoms with Crippen molar-refractivity contribution >= 4 is 52.1 Å². The molecule has 0 fully saturated rings. The van der Waals surface area contributed by atoms with Crippen LogP contribution in [0.3, 0.4) is 0 Å². The maximum atomic E-state index is 13.2. The van der Waals surface area contributed by atoms with Gasteiger partial charge in [-0.2, -0.15) is 0 Å². The zero-order chi connectivity index (χ0) is 20.3. The number of para-hydroxylation sites is 1. The molecule has 8 heteroatoms. The number of hydrogen-bond acceptors (Lipinski definition) is 4. The number of carboxylic acid groups (broad SMARTS) is 1. The van der Waals surface area contributed by atoms with Gasteiger partial charge in [0.15, 0.2) is 0 Å². The van der Waals surface area contributed by atoms with E-state index in [0.29, 0.717) is 38.0 Å². The number of thiophene rings is 1. The van der Waals surface area contributed by atoms with E-state index in [-0.39, 0.29) is 23.1 Å². The molecule has 0 aliphatic carbocycles. The molecule has 2 aliphatic rings. The molecule has 1 aromatic heterocycles. The molecule has 1 atom stereocenters. The summed E-state index contributed by atoms with van der Waals surface area (Å²) in [5.74, 6) is -1.85. The van der Waals surface area contributed by atoms with Crippen LogP contribution in [0.15, 0.2) is 48.5 Å². The Morgan fingerprint density at radius 3 is 2.52 bits per heavy atom. The van der Waals surface area contributed by atoms with E-state index in [1.807, 2.05) is 6.07 Å². The van der Waals surface area contributed by atoms with E-state index in [9.17, 15) is 19.5 Å². The Bertz CT molecular complexity index is 1220. The fourth-order valence-electron chi connectivity index (χ4n) is 4.14. The van der Waals surface area contributed by atoms with Gasteiger partial charge in [0.2, 0.25) is 11.8 Å². The van der Waals surface area contributed by atoms with Crippen LogP contribution in [-0.2, 0) is 15.0 Å². The Morgan fingerprint density at radius 1 is 1.03 bits per heavy atom. The molecule has 2 aromatic carbocycles. The number of carboxylic acids is 1. The molecule has 3 aromatic rings. The first-order valence-electron chi connectivity index (χ1n) is 8.80. The topological polar surface area (TPSA) is 95.5 Å². The van der Waals surface area contributed by atoms with Gasteiger partial charge in [-0.15, -0.1) is 11.3 Å². The number of nitrogens with one attached hydrogen (secondary N) is 2. The van der Waals surface area contributed by atoms with Crippen LogP contribution in [0.5, 0.6) is 0 Å². The van der Waals surface area contributed by atoms with Crippen LogP contribution in [-0.4, -0.2) is 22.9 Å². The number of amides is 2. The number of fused-ring (bicyclic) bond motifs is 4. The molecule has 0 saturated carbocycles. The van der Waals surface area contributed by atoms with Gasteiger partial charge in [-0.3, -0.25) is 9.59 Å². The first-order valence-corrected chi connectivity index (χ1v) is 9.99. The smallest absolute Gasteiger partial charge is 0.346 e. The highest BCUT2D eigenvalue weighted by Crippen LogP contribution is 2.57. The Balaban J connectivity index is 1.87. The molecule has 0 radical (unpaired) electrons. The Labute approximate surface area is 174 Å². The molecule has 0 saturated heterocycles. The van der Waals surface area contributed by atoms with Gasteiger partial charge in [-0.1, -0.05) is 54.1 Å². The fraction of sp³-hybridized carbons (Fsp3) is 0.0952. The van der Waals surface area contributed by atoms with Crippen molar-refractivity contribution in [2.45, 2.75) is 11.8 Å². The minimum atomic E-state index is -1.31. The lowest BCUT2D eigenvalue weighted by atomic mass is 9.74. The summed E-state index contributed by atoms with van der Waals surface area (Å²) in [6.07, 6.45) is -0.118. The van der Waals surface area contributed by atoms with Crippen molar-refractivity contribution in [3.63, 3.8) is 0 Å². The van der Waals surface area contributed by atoms with Crippen molar-refractivity contribution in [1.82, 2.24) is 0 Å². The number of halogens is 1. The summed E-state index contributed by atoms with van der Waals surface area (Å²) in [6.45, 7) is 0. The fourth-order valence-corrected chi connectivity index (χ4v) is 5.68. The minimum Gasteiger partial charge on any atom is -0.477 e. The molecule has 3 N–H and O–H groups in total. The van der Waals surface area contributed by atoms with Gasteiger partial charge in [0.05, 0.1) is 27.7 Å². The predicted molar refractivity (Wildman–Crippen MR) is 111 cm³/mol. The maximum absolute atomic E-state index is 13.2. The van der Waals surface area contributed by atoms with E-state index in [1.54, 1.807) is 42.5 Å². The van der Waals surface area contributed by atoms with Gasteiger partial charge in [-0.05, 0) is 17.2 Å². The number of carbonyl (C=O) groups excluding carboxylic acids is 2. The molecular weight excluding hydrogens is 412 g/mol. The van der Waals surface area contributed by atoms with E-state index in [1.165, 1.54) is 0 Å². The molecule has 3 heterocycles. The molecule has 0 bridgehead atoms. The third-order valence-corrected chi connectivity index (χ3v) is 7.00. The van der Waals surface area contributed by atoms with Gasteiger partial charge >= 0.3 is 5.97 Å². The molecule has 29 heavy (non-hydrogen) atoms. The monoisotopic (exact) mass is 424 g/mol. The summed E-state index contributed by atoms with van der Waals surface area (Å²) < 4.78 is 0. The molecule has 144 valence electrons. The summed E-state index contributed by atoms with van der Waals surface area (Å²) in [5, 5.41) is 15.8. The largest absolute Gasteiger partial charge is 0.477 e. The zero-order valence-corrected chi connectivity index (χ0v) is 16.4. The van der Waals surface area contributed by atoms with Crippen LogP contribution >= 0.6 is 22.9 Å². The summed E-state index contributed by atoms with van der Waals surface area (Å²) in [6, 6.07) is 14.1. The van der Waals surface area contributed by atoms with E-state index < -0.39 is 11.4 Å². The second kappa shape index (κ2) is 6.17. The predicted octanol–water partition coefficient (Wildman–Crippen LogP) is 4.35. The number of rotatable bonds is 2. The molecule has 2 amide bonds. The van der Waals surface area contributed by atoms with Crippen LogP contribution in [0.25, 0.3) is 11.1 Å². The molecular formula is C21H13ClN2O4S. The van der Waals surface area contributed by atoms with Crippen molar-refractivity contribution in [2.24, 2.45) is 0 Å². The van der Waals surface area contributed by atoms with Crippen LogP contribution in [0.4, 0.5) is 11.4 Å². The molecule has 2 aliphatic heterocycles. The highest BCUT2D eigenvalue weighted by atomic mass is 35.5.